The van der Waals surface area contributed by atoms with Gasteiger partial charge in [0.1, 0.15) is 24.4 Å². The molecule has 1 heterocycles. The van der Waals surface area contributed by atoms with Gasteiger partial charge in [0.25, 0.3) is 0 Å². The van der Waals surface area contributed by atoms with Gasteiger partial charge in [-0.05, 0) is 57.8 Å². The van der Waals surface area contributed by atoms with Crippen LogP contribution in [0, 0.1) is 0 Å². The van der Waals surface area contributed by atoms with E-state index < -0.39 is 49.5 Å². The molecule has 9 heteroatoms. The van der Waals surface area contributed by atoms with E-state index in [4.69, 9.17) is 9.47 Å². The summed E-state index contributed by atoms with van der Waals surface area (Å²) in [5.41, 5.74) is 0. The summed E-state index contributed by atoms with van der Waals surface area (Å²) in [6.07, 6.45) is 54.4. The maximum atomic E-state index is 13.0. The molecule has 9 nitrogen and oxygen atoms in total. The van der Waals surface area contributed by atoms with Gasteiger partial charge in [-0.2, -0.15) is 0 Å². The van der Waals surface area contributed by atoms with E-state index in [1.165, 1.54) is 180 Å². The molecule has 0 aliphatic carbocycles. The third-order valence-corrected chi connectivity index (χ3v) is 13.1. The van der Waals surface area contributed by atoms with Crippen LogP contribution < -0.4 is 5.32 Å². The summed E-state index contributed by atoms with van der Waals surface area (Å²) in [6, 6.07) is -0.808. The second-order valence-electron chi connectivity index (χ2n) is 19.4. The number of unbranched alkanes of at least 4 members (excludes halogenated alkanes) is 31. The zero-order valence-electron chi connectivity index (χ0n) is 42.7. The minimum atomic E-state index is -1.57. The van der Waals surface area contributed by atoms with Crippen molar-refractivity contribution in [3.63, 3.8) is 0 Å². The monoisotopic (exact) mass is 932 g/mol. The zero-order chi connectivity index (χ0) is 48.0. The Hall–Kier alpha value is -1.85. The molecule has 7 unspecified atom stereocenters. The second-order valence-corrected chi connectivity index (χ2v) is 19.4. The summed E-state index contributed by atoms with van der Waals surface area (Å²) in [4.78, 5) is 13.0. The van der Waals surface area contributed by atoms with Gasteiger partial charge in [-0.3, -0.25) is 4.79 Å². The molecular weight excluding hydrogens is 827 g/mol. The van der Waals surface area contributed by atoms with Gasteiger partial charge in [-0.25, -0.2) is 0 Å². The van der Waals surface area contributed by atoms with Crippen LogP contribution in [-0.4, -0.2) is 87.5 Å². The number of carbonyl (C=O) groups is 1. The largest absolute Gasteiger partial charge is 0.394 e. The Morgan fingerprint density at radius 1 is 0.515 bits per heavy atom. The molecule has 0 aromatic heterocycles. The van der Waals surface area contributed by atoms with Gasteiger partial charge in [0, 0.05) is 6.42 Å². The third kappa shape index (κ3) is 36.2. The summed E-state index contributed by atoms with van der Waals surface area (Å²) in [6.45, 7) is 3.78. The number of aliphatic hydroxyl groups excluding tert-OH is 5. The van der Waals surface area contributed by atoms with Crippen LogP contribution in [-0.2, 0) is 14.3 Å². The Kier molecular flexibility index (Phi) is 44.1. The van der Waals surface area contributed by atoms with Crippen molar-refractivity contribution in [2.45, 2.75) is 294 Å². The minimum absolute atomic E-state index is 0.180. The lowest BCUT2D eigenvalue weighted by molar-refractivity contribution is -0.302. The molecule has 0 aromatic carbocycles. The highest BCUT2D eigenvalue weighted by atomic mass is 16.7. The Morgan fingerprint density at radius 2 is 0.894 bits per heavy atom. The molecule has 0 spiro atoms. The fourth-order valence-corrected chi connectivity index (χ4v) is 8.69. The standard InChI is InChI=1S/C57H105NO8/c1-3-5-7-9-11-13-15-17-19-21-23-24-25-26-27-28-29-31-33-35-37-39-41-43-45-47-53(61)58-50(49-65-57-56(64)55(63)54(62)52(48-59)66-57)51(60)46-44-42-40-38-36-34-32-30-22-20-18-16-14-12-10-8-6-4-2/h15,17,21,23,25-26,44,46,50-52,54-57,59-60,62-64H,3-14,16,18-20,22,24,27-43,45,47-49H2,1-2H3,(H,58,61)/b17-15-,23-21-,26-25-,46-44+. The van der Waals surface area contributed by atoms with Crippen molar-refractivity contribution in [3.8, 4) is 0 Å². The van der Waals surface area contributed by atoms with Gasteiger partial charge >= 0.3 is 0 Å². The Labute approximate surface area is 405 Å². The molecule has 0 aromatic rings. The predicted molar refractivity (Wildman–Crippen MR) is 276 cm³/mol. The number of rotatable bonds is 47. The molecule has 1 aliphatic heterocycles. The first-order valence-corrected chi connectivity index (χ1v) is 27.9. The first-order chi connectivity index (χ1) is 32.3. The Balaban J connectivity index is 2.25. The number of ether oxygens (including phenoxy) is 2. The molecule has 1 fully saturated rings. The molecular formula is C57H105NO8. The van der Waals surface area contributed by atoms with Gasteiger partial charge in [-0.15, -0.1) is 0 Å². The molecule has 386 valence electrons. The Bertz CT molecular complexity index is 1170. The molecule has 0 saturated carbocycles. The molecule has 7 atom stereocenters. The van der Waals surface area contributed by atoms with Crippen LogP contribution in [0.15, 0.2) is 48.6 Å². The second kappa shape index (κ2) is 46.9. The number of hydrogen-bond donors (Lipinski definition) is 6. The number of carbonyl (C=O) groups excluding carboxylic acids is 1. The fourth-order valence-electron chi connectivity index (χ4n) is 8.69. The van der Waals surface area contributed by atoms with E-state index in [1.54, 1.807) is 6.08 Å². The predicted octanol–water partition coefficient (Wildman–Crippen LogP) is 13.3. The van der Waals surface area contributed by atoms with E-state index in [1.807, 2.05) is 6.08 Å². The van der Waals surface area contributed by atoms with Crippen molar-refractivity contribution in [3.05, 3.63) is 48.6 Å². The third-order valence-electron chi connectivity index (χ3n) is 13.1. The average molecular weight is 932 g/mol. The van der Waals surface area contributed by atoms with Gasteiger partial charge < -0.3 is 40.3 Å². The van der Waals surface area contributed by atoms with Crippen LogP contribution in [0.3, 0.4) is 0 Å². The molecule has 66 heavy (non-hydrogen) atoms. The summed E-state index contributed by atoms with van der Waals surface area (Å²) in [5.74, 6) is -0.180. The smallest absolute Gasteiger partial charge is 0.220 e. The molecule has 1 rings (SSSR count). The fraction of sp³-hybridized carbons (Fsp3) is 0.842. The zero-order valence-corrected chi connectivity index (χ0v) is 42.7. The van der Waals surface area contributed by atoms with E-state index >= 15 is 0 Å². The molecule has 1 aliphatic rings. The van der Waals surface area contributed by atoms with E-state index in [9.17, 15) is 30.3 Å². The quantitative estimate of drug-likeness (QED) is 0.0261. The Morgan fingerprint density at radius 3 is 1.32 bits per heavy atom. The van der Waals surface area contributed by atoms with E-state index in [0.717, 1.165) is 51.4 Å². The van der Waals surface area contributed by atoms with Crippen molar-refractivity contribution in [1.29, 1.82) is 0 Å². The van der Waals surface area contributed by atoms with E-state index in [-0.39, 0.29) is 12.5 Å². The van der Waals surface area contributed by atoms with Crippen LogP contribution in [0.4, 0.5) is 0 Å². The first kappa shape index (κ1) is 62.2. The molecule has 0 radical (unpaired) electrons. The number of nitrogens with one attached hydrogen (secondary N) is 1. The lowest BCUT2D eigenvalue weighted by Crippen LogP contribution is -2.60. The SMILES string of the molecule is CCCCCCC/C=C\C/C=C\C/C=C\CCCCCCCCCCCCC(=O)NC(COC1OC(CO)C(O)C(O)C1O)C(O)/C=C/CCCCCCCCCCCCCCCCCC. The van der Waals surface area contributed by atoms with Crippen molar-refractivity contribution in [2.75, 3.05) is 13.2 Å². The normalized spacial score (nSPS) is 20.1. The maximum absolute atomic E-state index is 13.0. The van der Waals surface area contributed by atoms with Crippen LogP contribution in [0.2, 0.25) is 0 Å². The van der Waals surface area contributed by atoms with Crippen molar-refractivity contribution in [1.82, 2.24) is 5.32 Å². The number of allylic oxidation sites excluding steroid dienone is 7. The van der Waals surface area contributed by atoms with Crippen molar-refractivity contribution < 1.29 is 39.8 Å². The van der Waals surface area contributed by atoms with E-state index in [0.29, 0.717) is 6.42 Å². The lowest BCUT2D eigenvalue weighted by atomic mass is 9.99. The van der Waals surface area contributed by atoms with Crippen LogP contribution in [0.1, 0.15) is 251 Å². The summed E-state index contributed by atoms with van der Waals surface area (Å²) in [5, 5.41) is 54.5. The highest BCUT2D eigenvalue weighted by Gasteiger charge is 2.44. The van der Waals surface area contributed by atoms with Gasteiger partial charge in [0.2, 0.25) is 5.91 Å². The van der Waals surface area contributed by atoms with Crippen molar-refractivity contribution >= 4 is 5.91 Å². The van der Waals surface area contributed by atoms with Crippen LogP contribution >= 0.6 is 0 Å². The van der Waals surface area contributed by atoms with Gasteiger partial charge in [-0.1, -0.05) is 236 Å². The summed E-state index contributed by atoms with van der Waals surface area (Å²) in [7, 11) is 0. The van der Waals surface area contributed by atoms with Gasteiger partial charge in [0.05, 0.1) is 25.4 Å². The van der Waals surface area contributed by atoms with Gasteiger partial charge in [0.15, 0.2) is 6.29 Å². The maximum Gasteiger partial charge on any atom is 0.220 e. The first-order valence-electron chi connectivity index (χ1n) is 27.9. The topological polar surface area (TPSA) is 149 Å². The minimum Gasteiger partial charge on any atom is -0.394 e. The molecule has 0 bridgehead atoms. The summed E-state index contributed by atoms with van der Waals surface area (Å²) < 4.78 is 11.3. The number of hydrogen-bond acceptors (Lipinski definition) is 8. The van der Waals surface area contributed by atoms with E-state index in [2.05, 4.69) is 55.6 Å². The lowest BCUT2D eigenvalue weighted by Gasteiger charge is -2.40. The summed E-state index contributed by atoms with van der Waals surface area (Å²) >= 11 is 0. The number of aliphatic hydroxyl groups is 5. The molecule has 1 saturated heterocycles. The van der Waals surface area contributed by atoms with Crippen molar-refractivity contribution in [2.24, 2.45) is 0 Å². The average Bonchev–Trinajstić information content (AvgIpc) is 3.32. The highest BCUT2D eigenvalue weighted by Crippen LogP contribution is 2.23. The molecule has 6 N–H and O–H groups in total. The van der Waals surface area contributed by atoms with Crippen LogP contribution in [0.5, 0.6) is 0 Å². The number of amides is 1. The highest BCUT2D eigenvalue weighted by molar-refractivity contribution is 5.76. The van der Waals surface area contributed by atoms with Crippen LogP contribution in [0.25, 0.3) is 0 Å². The molecule has 1 amide bonds.